The number of nitrogens with zero attached hydrogens (tertiary/aromatic N) is 5. The van der Waals surface area contributed by atoms with Gasteiger partial charge in [-0.1, -0.05) is 13.0 Å². The molecule has 1 N–H and O–H groups in total. The Morgan fingerprint density at radius 3 is 2.62 bits per heavy atom. The summed E-state index contributed by atoms with van der Waals surface area (Å²) in [5.74, 6) is 0.719. The van der Waals surface area contributed by atoms with Gasteiger partial charge in [-0.3, -0.25) is 4.79 Å². The molecular weight excluding hydrogens is 371 g/mol. The second kappa shape index (κ2) is 7.90. The molecule has 2 atom stereocenters. The quantitative estimate of drug-likeness (QED) is 0.734. The van der Waals surface area contributed by atoms with Gasteiger partial charge in [-0.25, -0.2) is 24.3 Å². The van der Waals surface area contributed by atoms with Gasteiger partial charge in [0.2, 0.25) is 11.9 Å². The number of rotatable bonds is 4. The Balaban J connectivity index is 1.56. The minimum absolute atomic E-state index is 0.114. The molecule has 4 rings (SSSR count). The molecule has 3 heterocycles. The summed E-state index contributed by atoms with van der Waals surface area (Å²) in [7, 11) is 0. The second-order valence-electron chi connectivity index (χ2n) is 7.30. The van der Waals surface area contributed by atoms with Gasteiger partial charge in [0.1, 0.15) is 6.04 Å². The van der Waals surface area contributed by atoms with Crippen molar-refractivity contribution in [1.29, 1.82) is 0 Å². The molecule has 0 unspecified atom stereocenters. The number of hydrogen-bond donors (Lipinski definition) is 1. The lowest BCUT2D eigenvalue weighted by Crippen LogP contribution is -2.40. The zero-order chi connectivity index (χ0) is 20.4. The Kier molecular flexibility index (Phi) is 5.16. The number of nitrogens with one attached hydrogen (secondary N) is 1. The number of aromatic nitrogens is 4. The predicted molar refractivity (Wildman–Crippen MR) is 108 cm³/mol. The fourth-order valence-electron chi connectivity index (χ4n) is 3.57. The highest BCUT2D eigenvalue weighted by atomic mass is 19.1. The van der Waals surface area contributed by atoms with E-state index < -0.39 is 5.82 Å². The van der Waals surface area contributed by atoms with Crippen LogP contribution in [0.3, 0.4) is 0 Å². The van der Waals surface area contributed by atoms with E-state index in [9.17, 15) is 9.18 Å². The smallest absolute Gasteiger partial charge is 0.247 e. The molecule has 8 heteroatoms. The van der Waals surface area contributed by atoms with Crippen LogP contribution in [-0.2, 0) is 4.79 Å². The number of amides is 1. The van der Waals surface area contributed by atoms with Crippen molar-refractivity contribution in [2.24, 2.45) is 5.92 Å². The van der Waals surface area contributed by atoms with Gasteiger partial charge in [0.15, 0.2) is 11.6 Å². The summed E-state index contributed by atoms with van der Waals surface area (Å²) >= 11 is 0. The lowest BCUT2D eigenvalue weighted by Gasteiger charge is -2.23. The Bertz CT molecular complexity index is 1010. The first-order chi connectivity index (χ1) is 14.0. The summed E-state index contributed by atoms with van der Waals surface area (Å²) in [6.45, 7) is 4.75. The van der Waals surface area contributed by atoms with Crippen molar-refractivity contribution < 1.29 is 9.18 Å². The van der Waals surface area contributed by atoms with Gasteiger partial charge in [0, 0.05) is 30.2 Å². The summed E-state index contributed by atoms with van der Waals surface area (Å²) in [5, 5.41) is 2.99. The first-order valence-electron chi connectivity index (χ1n) is 9.44. The Morgan fingerprint density at radius 2 is 1.90 bits per heavy atom. The molecule has 1 aliphatic heterocycles. The van der Waals surface area contributed by atoms with Crippen molar-refractivity contribution in [3.63, 3.8) is 0 Å². The average Bonchev–Trinajstić information content (AvgIpc) is 3.13. The van der Waals surface area contributed by atoms with E-state index in [0.29, 0.717) is 23.4 Å². The van der Waals surface area contributed by atoms with E-state index in [1.54, 1.807) is 18.5 Å². The molecule has 0 bridgehead atoms. The lowest BCUT2D eigenvalue weighted by atomic mass is 10.1. The van der Waals surface area contributed by atoms with Crippen LogP contribution in [-0.4, -0.2) is 38.4 Å². The van der Waals surface area contributed by atoms with Gasteiger partial charge in [0.25, 0.3) is 0 Å². The third-order valence-electron chi connectivity index (χ3n) is 4.99. The lowest BCUT2D eigenvalue weighted by molar-refractivity contribution is -0.117. The molecule has 1 aromatic carbocycles. The van der Waals surface area contributed by atoms with Gasteiger partial charge >= 0.3 is 0 Å². The molecule has 2 aromatic heterocycles. The zero-order valence-electron chi connectivity index (χ0n) is 16.2. The molecule has 0 aliphatic carbocycles. The van der Waals surface area contributed by atoms with Crippen LogP contribution >= 0.6 is 0 Å². The molecule has 0 radical (unpaired) electrons. The van der Waals surface area contributed by atoms with Crippen molar-refractivity contribution in [1.82, 2.24) is 19.9 Å². The van der Waals surface area contributed by atoms with Crippen LogP contribution in [0.2, 0.25) is 0 Å². The molecule has 0 saturated carbocycles. The zero-order valence-corrected chi connectivity index (χ0v) is 16.2. The third kappa shape index (κ3) is 4.06. The van der Waals surface area contributed by atoms with Crippen molar-refractivity contribution in [3.8, 4) is 11.4 Å². The minimum Gasteiger partial charge on any atom is -0.329 e. The SMILES string of the molecule is Cc1ccc(NC(=O)[C@@H]2C[C@H](C)CN2c2ncccn2)cc1-c1ncc(F)cn1. The summed E-state index contributed by atoms with van der Waals surface area (Å²) in [5.41, 5.74) is 2.31. The highest BCUT2D eigenvalue weighted by Crippen LogP contribution is 2.28. The predicted octanol–water partition coefficient (Wildman–Crippen LogP) is 3.23. The minimum atomic E-state index is -0.491. The number of anilines is 2. The second-order valence-corrected chi connectivity index (χ2v) is 7.30. The molecule has 3 aromatic rings. The van der Waals surface area contributed by atoms with Crippen LogP contribution in [0.15, 0.2) is 49.1 Å². The van der Waals surface area contributed by atoms with Crippen molar-refractivity contribution in [2.75, 3.05) is 16.8 Å². The first kappa shape index (κ1) is 18.9. The molecule has 1 aliphatic rings. The standard InChI is InChI=1S/C21H21FN6O/c1-13-8-18(28(12-13)21-23-6-3-7-24-21)20(29)27-16-5-4-14(2)17(9-16)19-25-10-15(22)11-26-19/h3-7,9-11,13,18H,8,12H2,1-2H3,(H,27,29)/t13-,18-/m0/s1. The van der Waals surface area contributed by atoms with Gasteiger partial charge in [-0.05, 0) is 43.0 Å². The molecule has 1 amide bonds. The molecule has 1 fully saturated rings. The van der Waals surface area contributed by atoms with E-state index in [1.165, 1.54) is 0 Å². The molecule has 0 spiro atoms. The van der Waals surface area contributed by atoms with Crippen molar-refractivity contribution in [2.45, 2.75) is 26.3 Å². The highest BCUT2D eigenvalue weighted by Gasteiger charge is 2.36. The van der Waals surface area contributed by atoms with Crippen LogP contribution < -0.4 is 10.2 Å². The third-order valence-corrected chi connectivity index (χ3v) is 4.99. The highest BCUT2D eigenvalue weighted by molar-refractivity contribution is 5.97. The van der Waals surface area contributed by atoms with Crippen LogP contribution in [0.25, 0.3) is 11.4 Å². The number of benzene rings is 1. The topological polar surface area (TPSA) is 83.9 Å². The van der Waals surface area contributed by atoms with E-state index in [4.69, 9.17) is 0 Å². The Morgan fingerprint density at radius 1 is 1.17 bits per heavy atom. The van der Waals surface area contributed by atoms with Gasteiger partial charge in [0.05, 0.1) is 12.4 Å². The van der Waals surface area contributed by atoms with E-state index in [2.05, 4.69) is 32.2 Å². The maximum atomic E-state index is 13.1. The van der Waals surface area contributed by atoms with Crippen LogP contribution in [0.1, 0.15) is 18.9 Å². The molecule has 1 saturated heterocycles. The molecule has 29 heavy (non-hydrogen) atoms. The summed E-state index contributed by atoms with van der Waals surface area (Å²) in [6.07, 6.45) is 6.34. The summed E-state index contributed by atoms with van der Waals surface area (Å²) in [6, 6.07) is 6.93. The summed E-state index contributed by atoms with van der Waals surface area (Å²) in [4.78, 5) is 31.7. The maximum absolute atomic E-state index is 13.1. The van der Waals surface area contributed by atoms with Crippen LogP contribution in [0.5, 0.6) is 0 Å². The molecule has 148 valence electrons. The van der Waals surface area contributed by atoms with Gasteiger partial charge in [-0.15, -0.1) is 0 Å². The first-order valence-corrected chi connectivity index (χ1v) is 9.44. The van der Waals surface area contributed by atoms with E-state index in [0.717, 1.165) is 36.5 Å². The van der Waals surface area contributed by atoms with Crippen molar-refractivity contribution >= 4 is 17.5 Å². The van der Waals surface area contributed by atoms with Crippen LogP contribution in [0.4, 0.5) is 16.0 Å². The van der Waals surface area contributed by atoms with E-state index >= 15 is 0 Å². The summed E-state index contributed by atoms with van der Waals surface area (Å²) < 4.78 is 13.1. The number of carbonyl (C=O) groups excluding carboxylic acids is 1. The van der Waals surface area contributed by atoms with Gasteiger partial charge in [-0.2, -0.15) is 0 Å². The maximum Gasteiger partial charge on any atom is 0.247 e. The average molecular weight is 392 g/mol. The van der Waals surface area contributed by atoms with Gasteiger partial charge < -0.3 is 10.2 Å². The number of hydrogen-bond acceptors (Lipinski definition) is 6. The normalized spacial score (nSPS) is 18.7. The Labute approximate surface area is 168 Å². The molecular formula is C21H21FN6O. The van der Waals surface area contributed by atoms with E-state index in [1.807, 2.05) is 30.0 Å². The number of carbonyl (C=O) groups is 1. The number of aryl methyl sites for hydroxylation is 1. The monoisotopic (exact) mass is 392 g/mol. The Hall–Kier alpha value is -3.42. The molecule has 7 nitrogen and oxygen atoms in total. The van der Waals surface area contributed by atoms with E-state index in [-0.39, 0.29) is 11.9 Å². The van der Waals surface area contributed by atoms with Crippen LogP contribution in [0, 0.1) is 18.7 Å². The number of halogens is 1. The fourth-order valence-corrected chi connectivity index (χ4v) is 3.57. The van der Waals surface area contributed by atoms with Crippen molar-refractivity contribution in [3.05, 3.63) is 60.4 Å². The fraction of sp³-hybridized carbons (Fsp3) is 0.286. The largest absolute Gasteiger partial charge is 0.329 e.